The number of nitrogens with zero attached hydrogens (tertiary/aromatic N) is 1. The normalized spacial score (nSPS) is 15.8. The molecule has 0 heterocycles. The van der Waals surface area contributed by atoms with Crippen LogP contribution in [-0.2, 0) is 9.53 Å². The number of aliphatic carboxylic acids is 1. The first kappa shape index (κ1) is 14.5. The van der Waals surface area contributed by atoms with Crippen molar-refractivity contribution < 1.29 is 19.4 Å². The highest BCUT2D eigenvalue weighted by atomic mass is 16.5. The number of carbonyl (C=O) groups is 2. The summed E-state index contributed by atoms with van der Waals surface area (Å²) in [5, 5.41) is 11.5. The van der Waals surface area contributed by atoms with Crippen molar-refractivity contribution in [1.82, 2.24) is 10.2 Å². The molecule has 0 aromatic carbocycles. The van der Waals surface area contributed by atoms with Crippen molar-refractivity contribution in [3.63, 3.8) is 0 Å². The number of hydrogen-bond acceptors (Lipinski definition) is 3. The van der Waals surface area contributed by atoms with Crippen molar-refractivity contribution in [2.45, 2.75) is 31.3 Å². The van der Waals surface area contributed by atoms with Crippen molar-refractivity contribution in [3.05, 3.63) is 12.7 Å². The third kappa shape index (κ3) is 4.37. The Balaban J connectivity index is 2.52. The summed E-state index contributed by atoms with van der Waals surface area (Å²) in [6.07, 6.45) is 3.83. The van der Waals surface area contributed by atoms with Crippen LogP contribution in [0.2, 0.25) is 0 Å². The van der Waals surface area contributed by atoms with Gasteiger partial charge in [0.15, 0.2) is 0 Å². The summed E-state index contributed by atoms with van der Waals surface area (Å²) < 4.78 is 4.83. The summed E-state index contributed by atoms with van der Waals surface area (Å²) in [5.41, 5.74) is 0. The van der Waals surface area contributed by atoms with E-state index in [-0.39, 0.29) is 18.5 Å². The molecule has 0 aromatic heterocycles. The van der Waals surface area contributed by atoms with Crippen LogP contribution in [0.15, 0.2) is 12.7 Å². The van der Waals surface area contributed by atoms with Gasteiger partial charge < -0.3 is 20.1 Å². The minimum Gasteiger partial charge on any atom is -0.480 e. The SMILES string of the molecule is C=CCN(C(=O)NC(CCOC)C(=O)O)C1CC1. The van der Waals surface area contributed by atoms with E-state index in [0.717, 1.165) is 12.8 Å². The average Bonchev–Trinajstić information content (AvgIpc) is 3.14. The molecule has 1 saturated carbocycles. The van der Waals surface area contributed by atoms with Gasteiger partial charge in [-0.2, -0.15) is 0 Å². The maximum atomic E-state index is 12.0. The van der Waals surface area contributed by atoms with E-state index in [4.69, 9.17) is 9.84 Å². The van der Waals surface area contributed by atoms with Crippen LogP contribution in [0.1, 0.15) is 19.3 Å². The van der Waals surface area contributed by atoms with Crippen molar-refractivity contribution in [2.24, 2.45) is 0 Å². The summed E-state index contributed by atoms with van der Waals surface area (Å²) >= 11 is 0. The fraction of sp³-hybridized carbons (Fsp3) is 0.667. The Morgan fingerprint density at radius 3 is 2.72 bits per heavy atom. The standard InChI is InChI=1S/C12H20N2O4/c1-3-7-14(9-4-5-9)12(17)13-10(11(15)16)6-8-18-2/h3,9-10H,1,4-8H2,2H3,(H,13,17)(H,15,16). The smallest absolute Gasteiger partial charge is 0.326 e. The van der Waals surface area contributed by atoms with Gasteiger partial charge in [0.1, 0.15) is 6.04 Å². The van der Waals surface area contributed by atoms with Crippen molar-refractivity contribution in [2.75, 3.05) is 20.3 Å². The van der Waals surface area contributed by atoms with Crippen LogP contribution < -0.4 is 5.32 Å². The Labute approximate surface area is 107 Å². The molecule has 2 amide bonds. The Morgan fingerprint density at radius 2 is 2.28 bits per heavy atom. The van der Waals surface area contributed by atoms with Crippen LogP contribution in [0.5, 0.6) is 0 Å². The van der Waals surface area contributed by atoms with Gasteiger partial charge >= 0.3 is 12.0 Å². The van der Waals surface area contributed by atoms with Crippen LogP contribution in [0.3, 0.4) is 0 Å². The predicted molar refractivity (Wildman–Crippen MR) is 66.4 cm³/mol. The van der Waals surface area contributed by atoms with E-state index < -0.39 is 12.0 Å². The number of nitrogens with one attached hydrogen (secondary N) is 1. The molecule has 6 nitrogen and oxygen atoms in total. The van der Waals surface area contributed by atoms with Gasteiger partial charge in [0.2, 0.25) is 0 Å². The molecule has 0 saturated heterocycles. The lowest BCUT2D eigenvalue weighted by Gasteiger charge is -2.23. The number of amides is 2. The Kier molecular flexibility index (Phi) is 5.64. The molecule has 102 valence electrons. The van der Waals surface area contributed by atoms with Crippen molar-refractivity contribution in [1.29, 1.82) is 0 Å². The molecule has 0 spiro atoms. The zero-order valence-electron chi connectivity index (χ0n) is 10.6. The first-order chi connectivity index (χ1) is 8.60. The zero-order chi connectivity index (χ0) is 13.5. The molecule has 1 aliphatic carbocycles. The van der Waals surface area contributed by atoms with Crippen LogP contribution in [0, 0.1) is 0 Å². The quantitative estimate of drug-likeness (QED) is 0.631. The first-order valence-electron chi connectivity index (χ1n) is 6.00. The minimum absolute atomic E-state index is 0.222. The second-order valence-corrected chi connectivity index (χ2v) is 4.29. The van der Waals surface area contributed by atoms with Crippen LogP contribution in [0.4, 0.5) is 4.79 Å². The number of ether oxygens (including phenoxy) is 1. The number of rotatable bonds is 8. The van der Waals surface area contributed by atoms with Crippen molar-refractivity contribution >= 4 is 12.0 Å². The lowest BCUT2D eigenvalue weighted by Crippen LogP contribution is -2.49. The third-order valence-corrected chi connectivity index (χ3v) is 2.78. The third-order valence-electron chi connectivity index (χ3n) is 2.78. The van der Waals surface area contributed by atoms with Gasteiger partial charge in [-0.15, -0.1) is 6.58 Å². The second kappa shape index (κ2) is 7.00. The fourth-order valence-electron chi connectivity index (χ4n) is 1.65. The molecule has 6 heteroatoms. The van der Waals surface area contributed by atoms with Gasteiger partial charge in [-0.3, -0.25) is 0 Å². The predicted octanol–water partition coefficient (Wildman–Crippen LogP) is 0.836. The summed E-state index contributed by atoms with van der Waals surface area (Å²) in [6, 6.07) is -1.04. The van der Waals surface area contributed by atoms with Crippen molar-refractivity contribution in [3.8, 4) is 0 Å². The molecule has 2 N–H and O–H groups in total. The molecular weight excluding hydrogens is 236 g/mol. The largest absolute Gasteiger partial charge is 0.480 e. The molecule has 1 unspecified atom stereocenters. The summed E-state index contributed by atoms with van der Waals surface area (Å²) in [4.78, 5) is 24.6. The van der Waals surface area contributed by atoms with E-state index in [2.05, 4.69) is 11.9 Å². The number of carbonyl (C=O) groups excluding carboxylic acids is 1. The number of carboxylic acid groups (broad SMARTS) is 1. The molecule has 1 atom stereocenters. The molecular formula is C12H20N2O4. The van der Waals surface area contributed by atoms with Gasteiger partial charge in [0.05, 0.1) is 0 Å². The molecule has 0 aliphatic heterocycles. The van der Waals surface area contributed by atoms with Gasteiger partial charge in [-0.05, 0) is 12.8 Å². The van der Waals surface area contributed by atoms with E-state index in [0.29, 0.717) is 13.2 Å². The van der Waals surface area contributed by atoms with Crippen LogP contribution >= 0.6 is 0 Å². The van der Waals surface area contributed by atoms with Gasteiger partial charge in [-0.1, -0.05) is 6.08 Å². The topological polar surface area (TPSA) is 78.9 Å². The van der Waals surface area contributed by atoms with E-state index >= 15 is 0 Å². The Morgan fingerprint density at radius 1 is 1.61 bits per heavy atom. The minimum atomic E-state index is -1.05. The Hall–Kier alpha value is -1.56. The summed E-state index contributed by atoms with van der Waals surface area (Å²) in [6.45, 7) is 4.33. The summed E-state index contributed by atoms with van der Waals surface area (Å²) in [7, 11) is 1.49. The number of methoxy groups -OCH3 is 1. The van der Waals surface area contributed by atoms with E-state index in [1.165, 1.54) is 7.11 Å². The molecule has 0 aromatic rings. The highest BCUT2D eigenvalue weighted by Gasteiger charge is 2.33. The van der Waals surface area contributed by atoms with E-state index in [1.807, 2.05) is 0 Å². The maximum Gasteiger partial charge on any atom is 0.326 e. The first-order valence-corrected chi connectivity index (χ1v) is 6.00. The average molecular weight is 256 g/mol. The lowest BCUT2D eigenvalue weighted by molar-refractivity contribution is -0.139. The molecule has 1 fully saturated rings. The van der Waals surface area contributed by atoms with Gasteiger partial charge in [0, 0.05) is 32.7 Å². The molecule has 1 aliphatic rings. The fourth-order valence-corrected chi connectivity index (χ4v) is 1.65. The number of urea groups is 1. The second-order valence-electron chi connectivity index (χ2n) is 4.29. The lowest BCUT2D eigenvalue weighted by atomic mass is 10.2. The highest BCUT2D eigenvalue weighted by Crippen LogP contribution is 2.26. The molecule has 1 rings (SSSR count). The monoisotopic (exact) mass is 256 g/mol. The highest BCUT2D eigenvalue weighted by molar-refractivity contribution is 5.83. The molecule has 0 bridgehead atoms. The summed E-state index contributed by atoms with van der Waals surface area (Å²) in [5.74, 6) is -1.05. The Bertz CT molecular complexity index is 315. The zero-order valence-corrected chi connectivity index (χ0v) is 10.6. The van der Waals surface area contributed by atoms with Gasteiger partial charge in [-0.25, -0.2) is 9.59 Å². The van der Waals surface area contributed by atoms with E-state index in [9.17, 15) is 9.59 Å². The van der Waals surface area contributed by atoms with Gasteiger partial charge in [0.25, 0.3) is 0 Å². The molecule has 0 radical (unpaired) electrons. The van der Waals surface area contributed by atoms with E-state index in [1.54, 1.807) is 11.0 Å². The maximum absolute atomic E-state index is 12.0. The number of carboxylic acids is 1. The number of hydrogen-bond donors (Lipinski definition) is 2. The molecule has 18 heavy (non-hydrogen) atoms. The van der Waals surface area contributed by atoms with Crippen LogP contribution in [0.25, 0.3) is 0 Å². The van der Waals surface area contributed by atoms with Crippen LogP contribution in [-0.4, -0.2) is 54.4 Å².